The van der Waals surface area contributed by atoms with E-state index < -0.39 is 0 Å². The third kappa shape index (κ3) is 1.93. The summed E-state index contributed by atoms with van der Waals surface area (Å²) in [5, 5.41) is 5.52. The molecule has 2 N–H and O–H groups in total. The van der Waals surface area contributed by atoms with E-state index in [-0.39, 0.29) is 0 Å². The molecule has 0 atom stereocenters. The van der Waals surface area contributed by atoms with Crippen LogP contribution in [0.3, 0.4) is 0 Å². The molecule has 1 aromatic heterocycles. The third-order valence-electron chi connectivity index (χ3n) is 1.09. The molecule has 5 heteroatoms. The Morgan fingerprint density at radius 1 is 1.60 bits per heavy atom. The van der Waals surface area contributed by atoms with Crippen LogP contribution in [0.1, 0.15) is 5.82 Å². The molecule has 0 fully saturated rings. The third-order valence-corrected chi connectivity index (χ3v) is 1.29. The number of methoxy groups -OCH3 is 1. The average Bonchev–Trinajstić information content (AvgIpc) is 2.31. The summed E-state index contributed by atoms with van der Waals surface area (Å²) in [4.78, 5) is 3.97. The standard InChI is InChI=1S/C5H9N3OS/c1-9-3-2-4-6-5(10)8-7-4/h2-3H2,1H3,(H2,6,7,8,10). The quantitative estimate of drug-likeness (QED) is 0.637. The Balaban J connectivity index is 2.50. The average molecular weight is 159 g/mol. The monoisotopic (exact) mass is 159 g/mol. The van der Waals surface area contributed by atoms with Crippen LogP contribution < -0.4 is 0 Å². The number of rotatable bonds is 3. The summed E-state index contributed by atoms with van der Waals surface area (Å²) in [5.41, 5.74) is 0. The first-order valence-corrected chi connectivity index (χ1v) is 3.36. The zero-order valence-corrected chi connectivity index (χ0v) is 6.49. The molecule has 0 spiro atoms. The van der Waals surface area contributed by atoms with Crippen LogP contribution in [-0.4, -0.2) is 28.9 Å². The zero-order chi connectivity index (χ0) is 7.40. The molecule has 0 bridgehead atoms. The van der Waals surface area contributed by atoms with E-state index in [0.29, 0.717) is 11.4 Å². The second kappa shape index (κ2) is 3.48. The van der Waals surface area contributed by atoms with Crippen molar-refractivity contribution in [3.05, 3.63) is 10.6 Å². The van der Waals surface area contributed by atoms with E-state index in [1.807, 2.05) is 0 Å². The number of H-pyrrole nitrogens is 2. The number of ether oxygens (including phenoxy) is 1. The first-order chi connectivity index (χ1) is 4.83. The number of nitrogens with one attached hydrogen (secondary N) is 2. The number of aromatic nitrogens is 3. The van der Waals surface area contributed by atoms with Gasteiger partial charge in [-0.2, -0.15) is 0 Å². The van der Waals surface area contributed by atoms with Crippen LogP contribution in [0, 0.1) is 4.77 Å². The van der Waals surface area contributed by atoms with Crippen molar-refractivity contribution in [1.82, 2.24) is 15.2 Å². The van der Waals surface area contributed by atoms with Crippen molar-refractivity contribution in [2.75, 3.05) is 13.7 Å². The largest absolute Gasteiger partial charge is 0.384 e. The van der Waals surface area contributed by atoms with E-state index in [1.54, 1.807) is 7.11 Å². The summed E-state index contributed by atoms with van der Waals surface area (Å²) in [6.07, 6.45) is 0.768. The molecule has 1 rings (SSSR count). The van der Waals surface area contributed by atoms with Crippen LogP contribution in [-0.2, 0) is 11.2 Å². The fourth-order valence-electron chi connectivity index (χ4n) is 0.621. The van der Waals surface area contributed by atoms with Crippen molar-refractivity contribution in [2.24, 2.45) is 0 Å². The summed E-state index contributed by atoms with van der Waals surface area (Å²) in [7, 11) is 1.65. The van der Waals surface area contributed by atoms with Crippen LogP contribution in [0.4, 0.5) is 0 Å². The van der Waals surface area contributed by atoms with Gasteiger partial charge < -0.3 is 4.74 Å². The van der Waals surface area contributed by atoms with Crippen molar-refractivity contribution in [3.8, 4) is 0 Å². The van der Waals surface area contributed by atoms with Crippen LogP contribution in [0.25, 0.3) is 0 Å². The SMILES string of the molecule is COCCc1nc(=S)[nH][nH]1. The fraction of sp³-hybridized carbons (Fsp3) is 0.600. The van der Waals surface area contributed by atoms with Crippen molar-refractivity contribution >= 4 is 12.2 Å². The zero-order valence-electron chi connectivity index (χ0n) is 5.68. The molecule has 1 heterocycles. The van der Waals surface area contributed by atoms with Gasteiger partial charge >= 0.3 is 0 Å². The van der Waals surface area contributed by atoms with Crippen molar-refractivity contribution in [1.29, 1.82) is 0 Å². The highest BCUT2D eigenvalue weighted by molar-refractivity contribution is 7.71. The second-order valence-electron chi connectivity index (χ2n) is 1.86. The molecule has 1 aromatic rings. The van der Waals surface area contributed by atoms with Gasteiger partial charge in [-0.25, -0.2) is 4.98 Å². The van der Waals surface area contributed by atoms with E-state index in [1.165, 1.54) is 0 Å². The van der Waals surface area contributed by atoms with Gasteiger partial charge in [0.2, 0.25) is 4.77 Å². The summed E-state index contributed by atoms with van der Waals surface area (Å²) in [6.45, 7) is 0.663. The lowest BCUT2D eigenvalue weighted by atomic mass is 10.4. The Hall–Kier alpha value is -0.680. The highest BCUT2D eigenvalue weighted by atomic mass is 32.1. The molecular formula is C5H9N3OS. The fourth-order valence-corrected chi connectivity index (χ4v) is 0.782. The molecule has 0 unspecified atom stereocenters. The molecular weight excluding hydrogens is 150 g/mol. The van der Waals surface area contributed by atoms with Crippen molar-refractivity contribution < 1.29 is 4.74 Å². The highest BCUT2D eigenvalue weighted by Crippen LogP contribution is 1.88. The predicted octanol–water partition coefficient (Wildman–Crippen LogP) is 0.656. The van der Waals surface area contributed by atoms with Gasteiger partial charge in [0.05, 0.1) is 6.61 Å². The lowest BCUT2D eigenvalue weighted by Gasteiger charge is -1.91. The Labute approximate surface area is 63.6 Å². The molecule has 0 saturated heterocycles. The number of hydrogen-bond donors (Lipinski definition) is 2. The van der Waals surface area contributed by atoms with Gasteiger partial charge in [-0.15, -0.1) is 0 Å². The van der Waals surface area contributed by atoms with Gasteiger partial charge in [0.25, 0.3) is 0 Å². The Morgan fingerprint density at radius 2 is 2.40 bits per heavy atom. The van der Waals surface area contributed by atoms with Crippen molar-refractivity contribution in [3.63, 3.8) is 0 Å². The maximum Gasteiger partial charge on any atom is 0.213 e. The Morgan fingerprint density at radius 3 is 2.90 bits per heavy atom. The molecule has 0 amide bonds. The minimum atomic E-state index is 0.492. The lowest BCUT2D eigenvalue weighted by Crippen LogP contribution is -1.95. The molecule has 0 aliphatic carbocycles. The van der Waals surface area contributed by atoms with E-state index in [2.05, 4.69) is 15.2 Å². The normalized spacial score (nSPS) is 10.1. The van der Waals surface area contributed by atoms with Crippen LogP contribution in [0.15, 0.2) is 0 Å². The molecule has 0 aromatic carbocycles. The van der Waals surface area contributed by atoms with E-state index >= 15 is 0 Å². The summed E-state index contributed by atoms with van der Waals surface area (Å²) in [6, 6.07) is 0. The first-order valence-electron chi connectivity index (χ1n) is 2.95. The first kappa shape index (κ1) is 7.43. The Kier molecular flexibility index (Phi) is 2.58. The van der Waals surface area contributed by atoms with E-state index in [4.69, 9.17) is 17.0 Å². The van der Waals surface area contributed by atoms with Gasteiger partial charge in [-0.05, 0) is 12.2 Å². The van der Waals surface area contributed by atoms with Crippen molar-refractivity contribution in [2.45, 2.75) is 6.42 Å². The number of nitrogens with zero attached hydrogens (tertiary/aromatic N) is 1. The Bertz CT molecular complexity index is 241. The minimum absolute atomic E-state index is 0.492. The molecule has 10 heavy (non-hydrogen) atoms. The molecule has 56 valence electrons. The van der Waals surface area contributed by atoms with E-state index in [9.17, 15) is 0 Å². The molecule has 0 aliphatic heterocycles. The lowest BCUT2D eigenvalue weighted by molar-refractivity contribution is 0.200. The molecule has 0 saturated carbocycles. The molecule has 0 aliphatic rings. The number of hydrogen-bond acceptors (Lipinski definition) is 3. The van der Waals surface area contributed by atoms with Crippen LogP contribution >= 0.6 is 12.2 Å². The maximum absolute atomic E-state index is 4.85. The maximum atomic E-state index is 4.85. The summed E-state index contributed by atoms with van der Waals surface area (Å²) >= 11 is 4.74. The van der Waals surface area contributed by atoms with Gasteiger partial charge in [0.15, 0.2) is 0 Å². The predicted molar refractivity (Wildman–Crippen MR) is 39.4 cm³/mol. The minimum Gasteiger partial charge on any atom is -0.384 e. The van der Waals surface area contributed by atoms with E-state index in [0.717, 1.165) is 12.2 Å². The highest BCUT2D eigenvalue weighted by Gasteiger charge is 1.93. The smallest absolute Gasteiger partial charge is 0.213 e. The molecule has 4 nitrogen and oxygen atoms in total. The van der Waals surface area contributed by atoms with Crippen LogP contribution in [0.2, 0.25) is 0 Å². The summed E-state index contributed by atoms with van der Waals surface area (Å²) < 4.78 is 5.34. The van der Waals surface area contributed by atoms with Crippen LogP contribution in [0.5, 0.6) is 0 Å². The topological polar surface area (TPSA) is 53.7 Å². The van der Waals surface area contributed by atoms with Gasteiger partial charge in [-0.1, -0.05) is 0 Å². The summed E-state index contributed by atoms with van der Waals surface area (Å²) in [5.74, 6) is 0.840. The second-order valence-corrected chi connectivity index (χ2v) is 2.24. The van der Waals surface area contributed by atoms with Gasteiger partial charge in [-0.3, -0.25) is 10.2 Å². The number of aromatic amines is 2. The molecule has 0 radical (unpaired) electrons. The van der Waals surface area contributed by atoms with Gasteiger partial charge in [0.1, 0.15) is 5.82 Å². The van der Waals surface area contributed by atoms with Gasteiger partial charge in [0, 0.05) is 13.5 Å².